The molecule has 3 heterocycles. The fraction of sp³-hybridized carbons (Fsp3) is 0.217. The summed E-state index contributed by atoms with van der Waals surface area (Å²) in [6.07, 6.45) is 0.692. The monoisotopic (exact) mass is 419 g/mol. The number of thiophene rings is 1. The van der Waals surface area contributed by atoms with Gasteiger partial charge in [0, 0.05) is 23.2 Å². The molecule has 2 aromatic heterocycles. The van der Waals surface area contributed by atoms with Gasteiger partial charge in [0.2, 0.25) is 5.88 Å². The van der Waals surface area contributed by atoms with Crippen LogP contribution < -0.4 is 20.8 Å². The molecule has 1 atom stereocenters. The number of fused-ring (bicyclic) bond motifs is 1. The highest BCUT2D eigenvalue weighted by Gasteiger charge is 2.34. The summed E-state index contributed by atoms with van der Waals surface area (Å²) in [4.78, 5) is 14.4. The van der Waals surface area contributed by atoms with Crippen molar-refractivity contribution >= 4 is 11.3 Å². The first-order valence-corrected chi connectivity index (χ1v) is 10.4. The molecule has 0 saturated heterocycles. The first-order chi connectivity index (χ1) is 14.5. The van der Waals surface area contributed by atoms with E-state index in [2.05, 4.69) is 6.07 Å². The van der Waals surface area contributed by atoms with E-state index in [1.165, 1.54) is 11.3 Å². The first kappa shape index (κ1) is 19.8. The number of ether oxygens (including phenoxy) is 2. The topological polar surface area (TPSA) is 90.3 Å². The second kappa shape index (κ2) is 8.09. The van der Waals surface area contributed by atoms with Crippen molar-refractivity contribution in [3.05, 3.63) is 91.4 Å². The van der Waals surface area contributed by atoms with Crippen molar-refractivity contribution in [1.29, 1.82) is 5.26 Å². The minimum atomic E-state index is -0.515. The summed E-state index contributed by atoms with van der Waals surface area (Å²) in [5, 5.41) is 11.6. The van der Waals surface area contributed by atoms with Crippen molar-refractivity contribution in [2.45, 2.75) is 25.8 Å². The summed E-state index contributed by atoms with van der Waals surface area (Å²) in [5.41, 5.74) is 8.48. The molecule has 0 spiro atoms. The summed E-state index contributed by atoms with van der Waals surface area (Å²) in [7, 11) is 1.63. The predicted octanol–water partition coefficient (Wildman–Crippen LogP) is 3.69. The molecule has 152 valence electrons. The molecule has 7 heteroatoms. The van der Waals surface area contributed by atoms with Gasteiger partial charge in [-0.05, 0) is 42.5 Å². The van der Waals surface area contributed by atoms with E-state index in [4.69, 9.17) is 15.2 Å². The molecule has 30 heavy (non-hydrogen) atoms. The lowest BCUT2D eigenvalue weighted by Crippen LogP contribution is -2.33. The second-order valence-corrected chi connectivity index (χ2v) is 8.04. The molecular weight excluding hydrogens is 398 g/mol. The normalized spacial score (nSPS) is 15.3. The number of pyridine rings is 1. The lowest BCUT2D eigenvalue weighted by Gasteiger charge is -2.26. The molecule has 0 bridgehead atoms. The van der Waals surface area contributed by atoms with E-state index >= 15 is 0 Å². The van der Waals surface area contributed by atoms with Crippen molar-refractivity contribution in [1.82, 2.24) is 4.57 Å². The van der Waals surface area contributed by atoms with Crippen molar-refractivity contribution in [3.8, 4) is 17.6 Å². The van der Waals surface area contributed by atoms with E-state index in [0.717, 1.165) is 21.9 Å². The van der Waals surface area contributed by atoms with Gasteiger partial charge < -0.3 is 19.8 Å². The third-order valence-electron chi connectivity index (χ3n) is 5.30. The number of nitrogens with zero attached hydrogens (tertiary/aromatic N) is 2. The lowest BCUT2D eigenvalue weighted by atomic mass is 9.88. The summed E-state index contributed by atoms with van der Waals surface area (Å²) in [6.45, 7) is 2.39. The Morgan fingerprint density at radius 3 is 2.70 bits per heavy atom. The second-order valence-electron chi connectivity index (χ2n) is 7.06. The highest BCUT2D eigenvalue weighted by Crippen LogP contribution is 2.41. The molecule has 4 rings (SSSR count). The van der Waals surface area contributed by atoms with Gasteiger partial charge in [-0.2, -0.15) is 5.26 Å². The molecule has 3 aromatic rings. The number of aryl methyl sites for hydroxylation is 2. The highest BCUT2D eigenvalue weighted by molar-refractivity contribution is 7.10. The van der Waals surface area contributed by atoms with Crippen LogP contribution in [0.5, 0.6) is 11.5 Å². The van der Waals surface area contributed by atoms with Crippen LogP contribution in [0.3, 0.4) is 0 Å². The molecule has 6 nitrogen and oxygen atoms in total. The van der Waals surface area contributed by atoms with Crippen LogP contribution in [0.1, 0.15) is 27.6 Å². The SMILES string of the molecule is COc1ccc(CCn2c(C)cc3c(c2=O)[C@H](c2cccs2)C(C#N)=C(N)O3)cc1. The van der Waals surface area contributed by atoms with Crippen molar-refractivity contribution in [2.75, 3.05) is 7.11 Å². The first-order valence-electron chi connectivity index (χ1n) is 9.51. The van der Waals surface area contributed by atoms with Gasteiger partial charge in [-0.15, -0.1) is 11.3 Å². The number of aromatic nitrogens is 1. The number of rotatable bonds is 5. The van der Waals surface area contributed by atoms with Crippen molar-refractivity contribution < 1.29 is 9.47 Å². The van der Waals surface area contributed by atoms with Crippen LogP contribution in [-0.4, -0.2) is 11.7 Å². The van der Waals surface area contributed by atoms with Crippen LogP contribution in [0.15, 0.2) is 64.1 Å². The third-order valence-corrected chi connectivity index (χ3v) is 6.24. The number of allylic oxidation sites excluding steroid dienone is 1. The summed E-state index contributed by atoms with van der Waals surface area (Å²) in [5.74, 6) is 0.760. The van der Waals surface area contributed by atoms with Gasteiger partial charge in [-0.1, -0.05) is 18.2 Å². The fourth-order valence-corrected chi connectivity index (χ4v) is 4.58. The van der Waals surface area contributed by atoms with E-state index in [1.807, 2.05) is 54.8 Å². The smallest absolute Gasteiger partial charge is 0.258 e. The number of nitrogens with two attached hydrogens (primary N) is 1. The Morgan fingerprint density at radius 2 is 2.07 bits per heavy atom. The predicted molar refractivity (Wildman–Crippen MR) is 116 cm³/mol. The van der Waals surface area contributed by atoms with Crippen LogP contribution in [0.4, 0.5) is 0 Å². The number of nitriles is 1. The lowest BCUT2D eigenvalue weighted by molar-refractivity contribution is 0.388. The Labute approximate surface area is 178 Å². The summed E-state index contributed by atoms with van der Waals surface area (Å²) in [6, 6.07) is 15.6. The minimum Gasteiger partial charge on any atom is -0.497 e. The molecule has 2 N–H and O–H groups in total. The number of methoxy groups -OCH3 is 1. The van der Waals surface area contributed by atoms with Crippen LogP contribution in [0.25, 0.3) is 0 Å². The highest BCUT2D eigenvalue weighted by atomic mass is 32.1. The Morgan fingerprint density at radius 1 is 1.30 bits per heavy atom. The minimum absolute atomic E-state index is 0.0539. The fourth-order valence-electron chi connectivity index (χ4n) is 3.74. The Kier molecular flexibility index (Phi) is 5.34. The van der Waals surface area contributed by atoms with Crippen LogP contribution in [0.2, 0.25) is 0 Å². The van der Waals surface area contributed by atoms with E-state index in [-0.39, 0.29) is 17.0 Å². The van der Waals surface area contributed by atoms with Crippen molar-refractivity contribution in [3.63, 3.8) is 0 Å². The maximum Gasteiger partial charge on any atom is 0.258 e. The Bertz CT molecular complexity index is 1200. The number of benzene rings is 1. The van der Waals surface area contributed by atoms with Gasteiger partial charge in [0.25, 0.3) is 5.56 Å². The molecule has 1 aliphatic rings. The Hall–Kier alpha value is -3.50. The molecule has 0 aliphatic carbocycles. The zero-order valence-corrected chi connectivity index (χ0v) is 17.5. The Balaban J connectivity index is 1.75. The largest absolute Gasteiger partial charge is 0.497 e. The van der Waals surface area contributed by atoms with E-state index < -0.39 is 5.92 Å². The van der Waals surface area contributed by atoms with E-state index in [0.29, 0.717) is 24.3 Å². The van der Waals surface area contributed by atoms with Crippen LogP contribution in [-0.2, 0) is 13.0 Å². The molecular formula is C23H21N3O3S. The molecule has 1 aliphatic heterocycles. The summed E-state index contributed by atoms with van der Waals surface area (Å²) < 4.78 is 12.6. The third kappa shape index (κ3) is 3.46. The maximum absolute atomic E-state index is 13.5. The molecule has 1 aromatic carbocycles. The van der Waals surface area contributed by atoms with Gasteiger partial charge in [0.05, 0.1) is 18.6 Å². The molecule has 0 radical (unpaired) electrons. The summed E-state index contributed by atoms with van der Waals surface area (Å²) >= 11 is 1.49. The van der Waals surface area contributed by atoms with Gasteiger partial charge >= 0.3 is 0 Å². The molecule has 0 saturated carbocycles. The number of hydrogen-bond donors (Lipinski definition) is 1. The molecule has 0 fully saturated rings. The average molecular weight is 420 g/mol. The van der Waals surface area contributed by atoms with Gasteiger partial charge in [-0.3, -0.25) is 4.79 Å². The zero-order valence-electron chi connectivity index (χ0n) is 16.7. The molecule has 0 unspecified atom stereocenters. The van der Waals surface area contributed by atoms with Crippen LogP contribution in [0, 0.1) is 18.3 Å². The van der Waals surface area contributed by atoms with Gasteiger partial charge in [-0.25, -0.2) is 0 Å². The number of hydrogen-bond acceptors (Lipinski definition) is 6. The van der Waals surface area contributed by atoms with Crippen molar-refractivity contribution in [2.24, 2.45) is 5.73 Å². The maximum atomic E-state index is 13.5. The average Bonchev–Trinajstić information content (AvgIpc) is 3.27. The molecule has 0 amide bonds. The van der Waals surface area contributed by atoms with Gasteiger partial charge in [0.15, 0.2) is 0 Å². The van der Waals surface area contributed by atoms with Crippen LogP contribution >= 0.6 is 11.3 Å². The van der Waals surface area contributed by atoms with E-state index in [1.54, 1.807) is 11.7 Å². The van der Waals surface area contributed by atoms with E-state index in [9.17, 15) is 10.1 Å². The van der Waals surface area contributed by atoms with Gasteiger partial charge in [0.1, 0.15) is 23.1 Å². The zero-order chi connectivity index (χ0) is 21.3. The quantitative estimate of drug-likeness (QED) is 0.681. The standard InChI is InChI=1S/C23H21N3O3S/c1-14-12-18-21(20(19-4-3-11-30-19)17(13-24)22(25)29-18)23(27)26(14)10-9-15-5-7-16(28-2)8-6-15/h3-8,11-12,20H,9-10,25H2,1-2H3/t20-/m0/s1.